The van der Waals surface area contributed by atoms with Crippen LogP contribution in [0.2, 0.25) is 0 Å². The third-order valence-corrected chi connectivity index (χ3v) is 3.88. The van der Waals surface area contributed by atoms with Crippen LogP contribution in [0.4, 0.5) is 5.82 Å². The minimum absolute atomic E-state index is 0.572. The van der Waals surface area contributed by atoms with E-state index in [0.717, 1.165) is 36.6 Å². The number of aromatic nitrogens is 3. The summed E-state index contributed by atoms with van der Waals surface area (Å²) in [5, 5.41) is 3.59. The van der Waals surface area contributed by atoms with Crippen LogP contribution >= 0.6 is 0 Å². The maximum Gasteiger partial charge on any atom is 0.180 e. The van der Waals surface area contributed by atoms with Gasteiger partial charge in [0.1, 0.15) is 11.3 Å². The number of hydrogen-bond acceptors (Lipinski definition) is 5. The first-order chi connectivity index (χ1) is 9.86. The number of nitrogens with zero attached hydrogens (tertiary/aromatic N) is 4. The molecule has 2 aromatic rings. The number of fused-ring (bicyclic) bond motifs is 1. The number of anilines is 1. The lowest BCUT2D eigenvalue weighted by Gasteiger charge is -2.30. The highest BCUT2D eigenvalue weighted by molar-refractivity contribution is 5.71. The van der Waals surface area contributed by atoms with Crippen molar-refractivity contribution in [2.75, 3.05) is 24.5 Å². The Labute approximate surface area is 119 Å². The number of rotatable bonds is 4. The van der Waals surface area contributed by atoms with Crippen LogP contribution in [0.25, 0.3) is 11.2 Å². The summed E-state index contributed by atoms with van der Waals surface area (Å²) in [5.41, 5.74) is 1.57. The van der Waals surface area contributed by atoms with Crippen molar-refractivity contribution in [2.45, 2.75) is 32.2 Å². The highest BCUT2D eigenvalue weighted by Crippen LogP contribution is 2.17. The van der Waals surface area contributed by atoms with Crippen LogP contribution < -0.4 is 10.2 Å². The fourth-order valence-corrected chi connectivity index (χ4v) is 2.75. The molecule has 0 aromatic carbocycles. The molecule has 1 unspecified atom stereocenters. The molecule has 5 nitrogen and oxygen atoms in total. The second-order valence-electron chi connectivity index (χ2n) is 5.25. The molecule has 20 heavy (non-hydrogen) atoms. The van der Waals surface area contributed by atoms with E-state index in [2.05, 4.69) is 32.1 Å². The van der Waals surface area contributed by atoms with Gasteiger partial charge in [-0.2, -0.15) is 0 Å². The molecule has 1 fully saturated rings. The van der Waals surface area contributed by atoms with Crippen molar-refractivity contribution >= 4 is 17.0 Å². The first-order valence-electron chi connectivity index (χ1n) is 7.43. The molecule has 5 heteroatoms. The van der Waals surface area contributed by atoms with Crippen molar-refractivity contribution in [3.05, 3.63) is 24.5 Å². The number of nitrogens with one attached hydrogen (secondary N) is 1. The van der Waals surface area contributed by atoms with Crippen molar-refractivity contribution < 1.29 is 0 Å². The highest BCUT2D eigenvalue weighted by Gasteiger charge is 2.17. The van der Waals surface area contributed by atoms with Gasteiger partial charge in [-0.05, 0) is 38.4 Å². The lowest BCUT2D eigenvalue weighted by Crippen LogP contribution is -2.44. The van der Waals surface area contributed by atoms with Crippen LogP contribution in [0.3, 0.4) is 0 Å². The molecule has 2 aromatic heterocycles. The molecule has 0 amide bonds. The number of pyridine rings is 1. The van der Waals surface area contributed by atoms with Gasteiger partial charge in [-0.3, -0.25) is 4.98 Å². The Morgan fingerprint density at radius 2 is 2.15 bits per heavy atom. The van der Waals surface area contributed by atoms with E-state index in [1.54, 1.807) is 12.4 Å². The highest BCUT2D eigenvalue weighted by atomic mass is 15.2. The molecule has 0 radical (unpaired) electrons. The molecule has 0 bridgehead atoms. The quantitative estimate of drug-likeness (QED) is 0.921. The van der Waals surface area contributed by atoms with Gasteiger partial charge in [0.2, 0.25) is 0 Å². The number of piperidine rings is 1. The molecule has 1 atom stereocenters. The maximum atomic E-state index is 4.64. The number of likely N-dealkylation sites (N-methyl/N-ethyl adjacent to an activating group) is 1. The van der Waals surface area contributed by atoms with Crippen molar-refractivity contribution in [1.29, 1.82) is 0 Å². The third-order valence-electron chi connectivity index (χ3n) is 3.88. The van der Waals surface area contributed by atoms with Crippen LogP contribution in [0, 0.1) is 0 Å². The molecule has 106 valence electrons. The van der Waals surface area contributed by atoms with Gasteiger partial charge in [-0.1, -0.05) is 6.42 Å². The van der Waals surface area contributed by atoms with E-state index in [9.17, 15) is 0 Å². The second kappa shape index (κ2) is 6.13. The molecule has 1 aliphatic heterocycles. The summed E-state index contributed by atoms with van der Waals surface area (Å²) >= 11 is 0. The van der Waals surface area contributed by atoms with Gasteiger partial charge in [0, 0.05) is 31.5 Å². The zero-order valence-corrected chi connectivity index (χ0v) is 11.9. The Bertz CT molecular complexity index is 565. The van der Waals surface area contributed by atoms with E-state index in [-0.39, 0.29) is 0 Å². The van der Waals surface area contributed by atoms with Crippen LogP contribution in [-0.4, -0.2) is 40.6 Å². The summed E-state index contributed by atoms with van der Waals surface area (Å²) in [6.07, 6.45) is 7.27. The van der Waals surface area contributed by atoms with E-state index in [1.807, 2.05) is 12.1 Å². The Hall–Kier alpha value is -1.75. The molecule has 0 saturated carbocycles. The monoisotopic (exact) mass is 271 g/mol. The summed E-state index contributed by atoms with van der Waals surface area (Å²) in [6, 6.07) is 4.62. The SMILES string of the molecule is CCN(CC1CCCCN1)c1ccc2nccnc2n1. The zero-order valence-electron chi connectivity index (χ0n) is 11.9. The van der Waals surface area contributed by atoms with Crippen LogP contribution in [0.1, 0.15) is 26.2 Å². The zero-order chi connectivity index (χ0) is 13.8. The van der Waals surface area contributed by atoms with Crippen molar-refractivity contribution in [2.24, 2.45) is 0 Å². The minimum atomic E-state index is 0.572. The van der Waals surface area contributed by atoms with Gasteiger partial charge in [-0.15, -0.1) is 0 Å². The Kier molecular flexibility index (Phi) is 4.06. The second-order valence-corrected chi connectivity index (χ2v) is 5.25. The average Bonchev–Trinajstić information content (AvgIpc) is 2.53. The van der Waals surface area contributed by atoms with Gasteiger partial charge in [0.25, 0.3) is 0 Å². The Morgan fingerprint density at radius 3 is 2.95 bits per heavy atom. The first kappa shape index (κ1) is 13.2. The summed E-state index contributed by atoms with van der Waals surface area (Å²) in [4.78, 5) is 15.5. The van der Waals surface area contributed by atoms with E-state index in [0.29, 0.717) is 6.04 Å². The van der Waals surface area contributed by atoms with E-state index in [1.165, 1.54) is 19.3 Å². The average molecular weight is 271 g/mol. The fourth-order valence-electron chi connectivity index (χ4n) is 2.75. The topological polar surface area (TPSA) is 53.9 Å². The molecule has 1 aliphatic rings. The summed E-state index contributed by atoms with van der Waals surface area (Å²) in [7, 11) is 0. The van der Waals surface area contributed by atoms with Gasteiger partial charge in [0.05, 0.1) is 0 Å². The molecular weight excluding hydrogens is 250 g/mol. The maximum absolute atomic E-state index is 4.64. The van der Waals surface area contributed by atoms with Crippen LogP contribution in [0.5, 0.6) is 0 Å². The predicted octanol–water partition coefficient (Wildman–Crippen LogP) is 1.99. The minimum Gasteiger partial charge on any atom is -0.355 e. The van der Waals surface area contributed by atoms with Gasteiger partial charge >= 0.3 is 0 Å². The van der Waals surface area contributed by atoms with E-state index in [4.69, 9.17) is 0 Å². The van der Waals surface area contributed by atoms with Crippen LogP contribution in [0.15, 0.2) is 24.5 Å². The first-order valence-corrected chi connectivity index (χ1v) is 7.43. The van der Waals surface area contributed by atoms with Crippen molar-refractivity contribution in [3.8, 4) is 0 Å². The lowest BCUT2D eigenvalue weighted by molar-refractivity contribution is 0.400. The molecule has 0 spiro atoms. The normalized spacial score (nSPS) is 19.1. The molecule has 1 N–H and O–H groups in total. The molecule has 3 heterocycles. The molecular formula is C15H21N5. The van der Waals surface area contributed by atoms with E-state index >= 15 is 0 Å². The smallest absolute Gasteiger partial charge is 0.180 e. The van der Waals surface area contributed by atoms with Crippen molar-refractivity contribution in [1.82, 2.24) is 20.3 Å². The standard InChI is InChI=1S/C15H21N5/c1-2-20(11-12-5-3-4-8-16-12)14-7-6-13-15(19-14)18-10-9-17-13/h6-7,9-10,12,16H,2-5,8,11H2,1H3. The number of hydrogen-bond donors (Lipinski definition) is 1. The van der Waals surface area contributed by atoms with E-state index < -0.39 is 0 Å². The molecule has 0 aliphatic carbocycles. The van der Waals surface area contributed by atoms with Gasteiger partial charge < -0.3 is 10.2 Å². The Morgan fingerprint density at radius 1 is 1.25 bits per heavy atom. The summed E-state index contributed by atoms with van der Waals surface area (Å²) in [5.74, 6) is 0.993. The predicted molar refractivity (Wildman–Crippen MR) is 80.9 cm³/mol. The summed E-state index contributed by atoms with van der Waals surface area (Å²) in [6.45, 7) is 5.27. The van der Waals surface area contributed by atoms with Gasteiger partial charge in [0.15, 0.2) is 5.65 Å². The lowest BCUT2D eigenvalue weighted by atomic mass is 10.0. The van der Waals surface area contributed by atoms with Crippen molar-refractivity contribution in [3.63, 3.8) is 0 Å². The third kappa shape index (κ3) is 2.88. The molecule has 3 rings (SSSR count). The van der Waals surface area contributed by atoms with Gasteiger partial charge in [-0.25, -0.2) is 9.97 Å². The molecule has 1 saturated heterocycles. The fraction of sp³-hybridized carbons (Fsp3) is 0.533. The largest absolute Gasteiger partial charge is 0.355 e. The Balaban J connectivity index is 1.79. The van der Waals surface area contributed by atoms with Crippen LogP contribution in [-0.2, 0) is 0 Å². The summed E-state index contributed by atoms with van der Waals surface area (Å²) < 4.78 is 0.